The summed E-state index contributed by atoms with van der Waals surface area (Å²) in [7, 11) is 0. The average molecular weight is 382 g/mol. The van der Waals surface area contributed by atoms with Crippen LogP contribution in [0.2, 0.25) is 10.0 Å². The van der Waals surface area contributed by atoms with E-state index in [1.165, 1.54) is 0 Å². The molecule has 0 aromatic heterocycles. The molecule has 0 aliphatic carbocycles. The van der Waals surface area contributed by atoms with Crippen LogP contribution in [0, 0.1) is 13.8 Å². The monoisotopic (exact) mass is 381 g/mol. The van der Waals surface area contributed by atoms with Gasteiger partial charge in [0.1, 0.15) is 5.75 Å². The van der Waals surface area contributed by atoms with Gasteiger partial charge in [-0.05, 0) is 49.2 Å². The number of urea groups is 1. The lowest BCUT2D eigenvalue weighted by atomic mass is 10.1. The Morgan fingerprint density at radius 1 is 1.04 bits per heavy atom. The van der Waals surface area contributed by atoms with Crippen LogP contribution in [0.1, 0.15) is 11.1 Å². The van der Waals surface area contributed by atoms with Gasteiger partial charge in [0, 0.05) is 0 Å². The maximum Gasteiger partial charge on any atom is 0.337 e. The van der Waals surface area contributed by atoms with Crippen LogP contribution in [0.5, 0.6) is 5.75 Å². The smallest absolute Gasteiger partial charge is 0.337 e. The number of amides is 3. The van der Waals surface area contributed by atoms with Crippen molar-refractivity contribution >= 4 is 40.8 Å². The molecule has 132 valence electrons. The third-order valence-corrected chi connectivity index (χ3v) is 4.18. The van der Waals surface area contributed by atoms with E-state index in [0.717, 1.165) is 11.1 Å². The molecule has 2 aromatic rings. The van der Waals surface area contributed by atoms with Gasteiger partial charge in [0.15, 0.2) is 6.61 Å². The van der Waals surface area contributed by atoms with Gasteiger partial charge < -0.3 is 10.1 Å². The third-order valence-electron chi connectivity index (χ3n) is 3.36. The number of benzene rings is 2. The van der Waals surface area contributed by atoms with Crippen molar-refractivity contribution in [2.45, 2.75) is 13.8 Å². The fourth-order valence-corrected chi connectivity index (χ4v) is 2.22. The highest BCUT2D eigenvalue weighted by molar-refractivity contribution is 6.43. The van der Waals surface area contributed by atoms with Crippen LogP contribution in [-0.2, 0) is 4.79 Å². The van der Waals surface area contributed by atoms with Crippen molar-refractivity contribution in [1.82, 2.24) is 10.9 Å². The molecule has 0 radical (unpaired) electrons. The molecule has 2 aromatic carbocycles. The van der Waals surface area contributed by atoms with Gasteiger partial charge in [0.05, 0.1) is 15.7 Å². The number of hydrogen-bond donors (Lipinski definition) is 3. The van der Waals surface area contributed by atoms with Crippen LogP contribution in [0.4, 0.5) is 10.5 Å². The zero-order valence-corrected chi connectivity index (χ0v) is 15.2. The highest BCUT2D eigenvalue weighted by Crippen LogP contribution is 2.29. The Hall–Kier alpha value is -2.44. The lowest BCUT2D eigenvalue weighted by Gasteiger charge is -2.11. The first-order chi connectivity index (χ1) is 11.9. The van der Waals surface area contributed by atoms with Gasteiger partial charge in [0.2, 0.25) is 0 Å². The molecule has 0 bridgehead atoms. The summed E-state index contributed by atoms with van der Waals surface area (Å²) in [6, 6.07) is 9.67. The number of anilines is 1. The molecule has 0 heterocycles. The summed E-state index contributed by atoms with van der Waals surface area (Å²) < 4.78 is 5.37. The molecule has 0 atom stereocenters. The quantitative estimate of drug-likeness (QED) is 0.703. The summed E-state index contributed by atoms with van der Waals surface area (Å²) in [5.74, 6) is 0.0685. The predicted octanol–water partition coefficient (Wildman–Crippen LogP) is 3.84. The molecule has 0 aliphatic rings. The van der Waals surface area contributed by atoms with Crippen LogP contribution >= 0.6 is 23.2 Å². The molecule has 0 saturated carbocycles. The Morgan fingerprint density at radius 3 is 2.52 bits per heavy atom. The first kappa shape index (κ1) is 18.9. The largest absolute Gasteiger partial charge is 0.484 e. The second-order valence-corrected chi connectivity index (χ2v) is 6.05. The highest BCUT2D eigenvalue weighted by Gasteiger charge is 2.09. The van der Waals surface area contributed by atoms with Gasteiger partial charge >= 0.3 is 6.03 Å². The van der Waals surface area contributed by atoms with Crippen molar-refractivity contribution in [3.8, 4) is 5.75 Å². The Morgan fingerprint density at radius 2 is 1.80 bits per heavy atom. The van der Waals surface area contributed by atoms with E-state index in [1.807, 2.05) is 26.0 Å². The SMILES string of the molecule is Cc1ccc(OCC(=O)NNC(=O)Nc2cccc(Cl)c2Cl)cc1C. The summed E-state index contributed by atoms with van der Waals surface area (Å²) >= 11 is 11.8. The van der Waals surface area contributed by atoms with Gasteiger partial charge in [-0.2, -0.15) is 0 Å². The number of carbonyl (C=O) groups excluding carboxylic acids is 2. The first-order valence-electron chi connectivity index (χ1n) is 7.36. The molecular formula is C17H17Cl2N3O3. The van der Waals surface area contributed by atoms with Crippen molar-refractivity contribution in [2.75, 3.05) is 11.9 Å². The number of ether oxygens (including phenoxy) is 1. The minimum absolute atomic E-state index is 0.212. The minimum Gasteiger partial charge on any atom is -0.484 e. The van der Waals surface area contributed by atoms with E-state index < -0.39 is 11.9 Å². The molecule has 3 amide bonds. The van der Waals surface area contributed by atoms with Crippen LogP contribution < -0.4 is 20.9 Å². The van der Waals surface area contributed by atoms with Crippen molar-refractivity contribution in [3.63, 3.8) is 0 Å². The number of carbonyl (C=O) groups is 2. The fraction of sp³-hybridized carbons (Fsp3) is 0.176. The van der Waals surface area contributed by atoms with Crippen LogP contribution in [0.25, 0.3) is 0 Å². The number of hydrazine groups is 1. The van der Waals surface area contributed by atoms with Gasteiger partial charge in [-0.25, -0.2) is 10.2 Å². The van der Waals surface area contributed by atoms with Gasteiger partial charge in [-0.1, -0.05) is 35.3 Å². The Balaban J connectivity index is 1.78. The van der Waals surface area contributed by atoms with Crippen LogP contribution in [0.15, 0.2) is 36.4 Å². The number of nitrogens with one attached hydrogen (secondary N) is 3. The van der Waals surface area contributed by atoms with Crippen molar-refractivity contribution in [2.24, 2.45) is 0 Å². The van der Waals surface area contributed by atoms with Crippen LogP contribution in [-0.4, -0.2) is 18.5 Å². The zero-order chi connectivity index (χ0) is 18.4. The van der Waals surface area contributed by atoms with E-state index in [-0.39, 0.29) is 11.6 Å². The second kappa shape index (κ2) is 8.60. The molecule has 25 heavy (non-hydrogen) atoms. The second-order valence-electron chi connectivity index (χ2n) is 5.26. The van der Waals surface area contributed by atoms with Gasteiger partial charge in [-0.15, -0.1) is 0 Å². The number of halogens is 2. The maximum atomic E-state index is 11.8. The summed E-state index contributed by atoms with van der Waals surface area (Å²) in [6.45, 7) is 3.70. The minimum atomic E-state index is -0.663. The van der Waals surface area contributed by atoms with Crippen molar-refractivity contribution in [3.05, 3.63) is 57.6 Å². The maximum absolute atomic E-state index is 11.8. The third kappa shape index (κ3) is 5.55. The fourth-order valence-electron chi connectivity index (χ4n) is 1.87. The van der Waals surface area contributed by atoms with E-state index in [4.69, 9.17) is 27.9 Å². The first-order valence-corrected chi connectivity index (χ1v) is 8.12. The van der Waals surface area contributed by atoms with Gasteiger partial charge in [-0.3, -0.25) is 10.2 Å². The molecule has 0 spiro atoms. The normalized spacial score (nSPS) is 10.1. The molecule has 2 rings (SSSR count). The molecule has 0 unspecified atom stereocenters. The van der Waals surface area contributed by atoms with E-state index >= 15 is 0 Å². The Kier molecular flexibility index (Phi) is 6.50. The van der Waals surface area contributed by atoms with E-state index in [9.17, 15) is 9.59 Å². The Bertz CT molecular complexity index is 797. The molecule has 8 heteroatoms. The lowest BCUT2D eigenvalue weighted by molar-refractivity contribution is -0.123. The predicted molar refractivity (Wildman–Crippen MR) is 98.2 cm³/mol. The Labute approximate surface area is 155 Å². The highest BCUT2D eigenvalue weighted by atomic mass is 35.5. The van der Waals surface area contributed by atoms with E-state index in [0.29, 0.717) is 16.5 Å². The average Bonchev–Trinajstić information content (AvgIpc) is 2.58. The molecular weight excluding hydrogens is 365 g/mol. The van der Waals surface area contributed by atoms with E-state index in [1.54, 1.807) is 24.3 Å². The number of aryl methyl sites for hydroxylation is 2. The van der Waals surface area contributed by atoms with E-state index in [2.05, 4.69) is 16.2 Å². The number of hydrogen-bond acceptors (Lipinski definition) is 3. The molecule has 0 saturated heterocycles. The van der Waals surface area contributed by atoms with Crippen molar-refractivity contribution < 1.29 is 14.3 Å². The lowest BCUT2D eigenvalue weighted by Crippen LogP contribution is -2.45. The summed E-state index contributed by atoms with van der Waals surface area (Å²) in [6.07, 6.45) is 0. The summed E-state index contributed by atoms with van der Waals surface area (Å²) in [5.41, 5.74) is 6.96. The molecule has 0 aliphatic heterocycles. The topological polar surface area (TPSA) is 79.5 Å². The number of rotatable bonds is 4. The summed E-state index contributed by atoms with van der Waals surface area (Å²) in [4.78, 5) is 23.5. The summed E-state index contributed by atoms with van der Waals surface area (Å²) in [5, 5.41) is 2.99. The van der Waals surface area contributed by atoms with Crippen LogP contribution in [0.3, 0.4) is 0 Å². The zero-order valence-electron chi connectivity index (χ0n) is 13.7. The molecule has 6 nitrogen and oxygen atoms in total. The standard InChI is InChI=1S/C17H17Cl2N3O3/c1-10-6-7-12(8-11(10)2)25-9-15(23)21-22-17(24)20-14-5-3-4-13(18)16(14)19/h3-8H,9H2,1-2H3,(H,21,23)(H2,20,22,24). The van der Waals surface area contributed by atoms with Gasteiger partial charge in [0.25, 0.3) is 5.91 Å². The van der Waals surface area contributed by atoms with Crippen molar-refractivity contribution in [1.29, 1.82) is 0 Å². The molecule has 3 N–H and O–H groups in total. The molecule has 0 fully saturated rings.